The van der Waals surface area contributed by atoms with Crippen LogP contribution in [0.1, 0.15) is 43.6 Å². The maximum absolute atomic E-state index is 12.4. The van der Waals surface area contributed by atoms with Crippen molar-refractivity contribution in [3.63, 3.8) is 0 Å². The topological polar surface area (TPSA) is 82.0 Å². The molecular formula is C22H23N3O2. The van der Waals surface area contributed by atoms with Crippen LogP contribution in [-0.4, -0.2) is 11.7 Å². The lowest BCUT2D eigenvalue weighted by Gasteiger charge is -2.22. The summed E-state index contributed by atoms with van der Waals surface area (Å²) in [5.74, 6) is -0.569. The van der Waals surface area contributed by atoms with Gasteiger partial charge in [0.1, 0.15) is 11.6 Å². The van der Waals surface area contributed by atoms with E-state index in [-0.39, 0.29) is 16.8 Å². The van der Waals surface area contributed by atoms with Crippen LogP contribution < -0.4 is 10.6 Å². The minimum atomic E-state index is -0.520. The first-order chi connectivity index (χ1) is 12.7. The molecule has 0 aromatic heterocycles. The summed E-state index contributed by atoms with van der Waals surface area (Å²) >= 11 is 0. The van der Waals surface area contributed by atoms with Gasteiger partial charge in [-0.05, 0) is 48.2 Å². The quantitative estimate of drug-likeness (QED) is 0.461. The van der Waals surface area contributed by atoms with Gasteiger partial charge in [0.05, 0.1) is 0 Å². The first-order valence-electron chi connectivity index (χ1n) is 8.61. The van der Waals surface area contributed by atoms with Crippen LogP contribution in [0.15, 0.2) is 60.3 Å². The van der Waals surface area contributed by atoms with E-state index in [2.05, 4.69) is 31.4 Å². The second kappa shape index (κ2) is 8.33. The first-order valence-corrected chi connectivity index (χ1v) is 8.61. The number of benzene rings is 2. The lowest BCUT2D eigenvalue weighted by atomic mass is 9.86. The van der Waals surface area contributed by atoms with Crippen molar-refractivity contribution in [2.24, 2.45) is 0 Å². The van der Waals surface area contributed by atoms with Gasteiger partial charge in [-0.25, -0.2) is 0 Å². The first kappa shape index (κ1) is 19.9. The molecule has 2 N–H and O–H groups in total. The number of rotatable bonds is 5. The summed E-state index contributed by atoms with van der Waals surface area (Å²) in [5, 5.41) is 15.1. The number of carbonyl (C=O) groups is 2. The van der Waals surface area contributed by atoms with E-state index in [0.717, 1.165) is 11.3 Å². The molecule has 0 aliphatic carbocycles. The number of Topliss-reactive ketones (excluding diaryl/α,β-unsaturated/α-hetero) is 1. The zero-order valence-electron chi connectivity index (χ0n) is 16.0. The maximum Gasteiger partial charge on any atom is 0.267 e. The lowest BCUT2D eigenvalue weighted by Crippen LogP contribution is -2.16. The third kappa shape index (κ3) is 5.29. The molecule has 0 aliphatic heterocycles. The van der Waals surface area contributed by atoms with Gasteiger partial charge in [-0.3, -0.25) is 9.59 Å². The van der Waals surface area contributed by atoms with Gasteiger partial charge in [0.2, 0.25) is 0 Å². The molecule has 2 rings (SSSR count). The van der Waals surface area contributed by atoms with Crippen LogP contribution in [0.2, 0.25) is 0 Å². The molecule has 138 valence electrons. The SMILES string of the molecule is CC(=O)c1ccc(NC(=O)/C(C#N)=C\Nc2ccccc2C(C)(C)C)cc1. The Morgan fingerprint density at radius 1 is 1.04 bits per heavy atom. The Morgan fingerprint density at radius 2 is 1.67 bits per heavy atom. The number of anilines is 2. The summed E-state index contributed by atoms with van der Waals surface area (Å²) in [5.41, 5.74) is 2.88. The number of ketones is 1. The van der Waals surface area contributed by atoms with Crippen LogP contribution in [0.25, 0.3) is 0 Å². The summed E-state index contributed by atoms with van der Waals surface area (Å²) in [6.07, 6.45) is 1.41. The molecular weight excluding hydrogens is 338 g/mol. The van der Waals surface area contributed by atoms with Crippen molar-refractivity contribution < 1.29 is 9.59 Å². The van der Waals surface area contributed by atoms with Crippen LogP contribution in [0, 0.1) is 11.3 Å². The number of nitrogens with zero attached hydrogens (tertiary/aromatic N) is 1. The molecule has 5 heteroatoms. The van der Waals surface area contributed by atoms with Crippen molar-refractivity contribution in [2.75, 3.05) is 10.6 Å². The summed E-state index contributed by atoms with van der Waals surface area (Å²) in [6, 6.07) is 16.2. The Labute approximate surface area is 159 Å². The zero-order chi connectivity index (χ0) is 20.0. The number of carbonyl (C=O) groups excluding carboxylic acids is 2. The molecule has 0 saturated heterocycles. The fourth-order valence-corrected chi connectivity index (χ4v) is 2.55. The van der Waals surface area contributed by atoms with E-state index in [9.17, 15) is 14.9 Å². The predicted octanol–water partition coefficient (Wildman–Crippen LogP) is 4.64. The molecule has 2 aromatic rings. The predicted molar refractivity (Wildman–Crippen MR) is 108 cm³/mol. The van der Waals surface area contributed by atoms with E-state index in [0.29, 0.717) is 11.3 Å². The minimum absolute atomic E-state index is 0.0469. The third-order valence-corrected chi connectivity index (χ3v) is 4.02. The Hall–Kier alpha value is -3.39. The summed E-state index contributed by atoms with van der Waals surface area (Å²) < 4.78 is 0. The molecule has 0 atom stereocenters. The van der Waals surface area contributed by atoms with E-state index in [4.69, 9.17) is 0 Å². The van der Waals surface area contributed by atoms with Crippen molar-refractivity contribution in [3.05, 3.63) is 71.4 Å². The Balaban J connectivity index is 2.16. The van der Waals surface area contributed by atoms with Crippen LogP contribution >= 0.6 is 0 Å². The highest BCUT2D eigenvalue weighted by molar-refractivity contribution is 6.07. The van der Waals surface area contributed by atoms with Crippen molar-refractivity contribution in [1.82, 2.24) is 0 Å². The average Bonchev–Trinajstić information content (AvgIpc) is 2.62. The van der Waals surface area contributed by atoms with E-state index in [1.807, 2.05) is 30.3 Å². The molecule has 0 heterocycles. The number of hydrogen-bond acceptors (Lipinski definition) is 4. The van der Waals surface area contributed by atoms with Gasteiger partial charge in [0.25, 0.3) is 5.91 Å². The third-order valence-electron chi connectivity index (χ3n) is 4.02. The largest absolute Gasteiger partial charge is 0.360 e. The zero-order valence-corrected chi connectivity index (χ0v) is 16.0. The van der Waals surface area contributed by atoms with Gasteiger partial charge in [-0.2, -0.15) is 5.26 Å². The van der Waals surface area contributed by atoms with Crippen molar-refractivity contribution in [3.8, 4) is 6.07 Å². The Bertz CT molecular complexity index is 914. The molecule has 1 amide bonds. The number of nitrogens with one attached hydrogen (secondary N) is 2. The highest BCUT2D eigenvalue weighted by Crippen LogP contribution is 2.29. The van der Waals surface area contributed by atoms with E-state index >= 15 is 0 Å². The van der Waals surface area contributed by atoms with Gasteiger partial charge < -0.3 is 10.6 Å². The minimum Gasteiger partial charge on any atom is -0.360 e. The Morgan fingerprint density at radius 3 is 2.22 bits per heavy atom. The summed E-state index contributed by atoms with van der Waals surface area (Å²) in [6.45, 7) is 7.77. The molecule has 2 aromatic carbocycles. The molecule has 0 unspecified atom stereocenters. The van der Waals surface area contributed by atoms with E-state index < -0.39 is 5.91 Å². The highest BCUT2D eigenvalue weighted by atomic mass is 16.1. The number of para-hydroxylation sites is 1. The normalized spacial score (nSPS) is 11.4. The van der Waals surface area contributed by atoms with Crippen LogP contribution in [0.4, 0.5) is 11.4 Å². The fraction of sp³-hybridized carbons (Fsp3) is 0.227. The van der Waals surface area contributed by atoms with Crippen LogP contribution in [0.3, 0.4) is 0 Å². The smallest absolute Gasteiger partial charge is 0.267 e. The van der Waals surface area contributed by atoms with E-state index in [1.54, 1.807) is 24.3 Å². The second-order valence-corrected chi connectivity index (χ2v) is 7.20. The molecule has 5 nitrogen and oxygen atoms in total. The van der Waals surface area contributed by atoms with Gasteiger partial charge in [0.15, 0.2) is 5.78 Å². The average molecular weight is 361 g/mol. The van der Waals surface area contributed by atoms with Gasteiger partial charge >= 0.3 is 0 Å². The van der Waals surface area contributed by atoms with Gasteiger partial charge in [-0.15, -0.1) is 0 Å². The molecule has 0 bridgehead atoms. The maximum atomic E-state index is 12.4. The van der Waals surface area contributed by atoms with Crippen LogP contribution in [0.5, 0.6) is 0 Å². The molecule has 27 heavy (non-hydrogen) atoms. The van der Waals surface area contributed by atoms with Crippen LogP contribution in [-0.2, 0) is 10.2 Å². The number of nitriles is 1. The van der Waals surface area contributed by atoms with Crippen molar-refractivity contribution in [1.29, 1.82) is 5.26 Å². The summed E-state index contributed by atoms with van der Waals surface area (Å²) in [4.78, 5) is 23.7. The fourth-order valence-electron chi connectivity index (χ4n) is 2.55. The molecule has 0 spiro atoms. The van der Waals surface area contributed by atoms with Crippen molar-refractivity contribution in [2.45, 2.75) is 33.1 Å². The monoisotopic (exact) mass is 361 g/mol. The van der Waals surface area contributed by atoms with E-state index in [1.165, 1.54) is 13.1 Å². The number of hydrogen-bond donors (Lipinski definition) is 2. The van der Waals surface area contributed by atoms with Gasteiger partial charge in [-0.1, -0.05) is 39.0 Å². The molecule has 0 fully saturated rings. The molecule has 0 aliphatic rings. The lowest BCUT2D eigenvalue weighted by molar-refractivity contribution is -0.112. The van der Waals surface area contributed by atoms with Gasteiger partial charge in [0, 0.05) is 23.1 Å². The summed E-state index contributed by atoms with van der Waals surface area (Å²) in [7, 11) is 0. The van der Waals surface area contributed by atoms with Crippen molar-refractivity contribution >= 4 is 23.1 Å². The highest BCUT2D eigenvalue weighted by Gasteiger charge is 2.17. The Kier molecular flexibility index (Phi) is 6.15. The standard InChI is InChI=1S/C22H23N3O2/c1-15(26)16-9-11-18(12-10-16)25-21(27)17(13-23)14-24-20-8-6-5-7-19(20)22(2,3)4/h5-12,14,24H,1-4H3,(H,25,27)/b17-14-. The second-order valence-electron chi connectivity index (χ2n) is 7.20. The molecule has 0 radical (unpaired) electrons. The number of amides is 1. The molecule has 0 saturated carbocycles.